The molecule has 0 fully saturated rings. The van der Waals surface area contributed by atoms with Crippen molar-refractivity contribution < 1.29 is 33.3 Å². The Hall–Kier alpha value is -3.74. The number of hydrogen-bond donors (Lipinski definition) is 0. The predicted molar refractivity (Wildman–Crippen MR) is 112 cm³/mol. The highest BCUT2D eigenvalue weighted by Gasteiger charge is 2.27. The summed E-state index contributed by atoms with van der Waals surface area (Å²) in [6, 6.07) is 12.2. The van der Waals surface area contributed by atoms with Gasteiger partial charge in [-0.15, -0.1) is 0 Å². The monoisotopic (exact) mass is 410 g/mol. The topological polar surface area (TPSA) is 80.3 Å². The molecule has 3 aromatic rings. The molecule has 0 bridgehead atoms. The van der Waals surface area contributed by atoms with Crippen molar-refractivity contribution in [3.63, 3.8) is 0 Å². The second-order valence-electron chi connectivity index (χ2n) is 6.29. The number of fused-ring (bicyclic) bond motifs is 1. The summed E-state index contributed by atoms with van der Waals surface area (Å²) in [5.74, 6) is 0.215. The highest BCUT2D eigenvalue weighted by molar-refractivity contribution is 6.16. The predicted octanol–water partition coefficient (Wildman–Crippen LogP) is 4.11. The van der Waals surface area contributed by atoms with Gasteiger partial charge in [-0.2, -0.15) is 0 Å². The Morgan fingerprint density at radius 1 is 0.700 bits per heavy atom. The molecule has 7 heteroatoms. The Morgan fingerprint density at radius 3 is 1.97 bits per heavy atom. The van der Waals surface area contributed by atoms with Crippen molar-refractivity contribution in [3.05, 3.63) is 53.6 Å². The van der Waals surface area contributed by atoms with Gasteiger partial charge in [-0.25, -0.2) is 9.59 Å². The number of ether oxygens (including phenoxy) is 5. The Balaban J connectivity index is 2.54. The molecule has 0 aliphatic carbocycles. The first kappa shape index (κ1) is 21.0. The largest absolute Gasteiger partial charge is 0.496 e. The van der Waals surface area contributed by atoms with E-state index in [2.05, 4.69) is 0 Å². The molecule has 156 valence electrons. The van der Waals surface area contributed by atoms with Crippen molar-refractivity contribution >= 4 is 22.7 Å². The minimum atomic E-state index is -0.673. The molecule has 3 rings (SSSR count). The number of benzene rings is 3. The van der Waals surface area contributed by atoms with Crippen molar-refractivity contribution in [1.82, 2.24) is 0 Å². The third-order valence-electron chi connectivity index (χ3n) is 4.81. The molecule has 0 radical (unpaired) electrons. The summed E-state index contributed by atoms with van der Waals surface area (Å²) >= 11 is 0. The lowest BCUT2D eigenvalue weighted by Gasteiger charge is -2.18. The van der Waals surface area contributed by atoms with Gasteiger partial charge in [-0.1, -0.05) is 18.2 Å². The molecule has 0 saturated carbocycles. The summed E-state index contributed by atoms with van der Waals surface area (Å²) in [5.41, 5.74) is 1.26. The normalized spacial score (nSPS) is 10.4. The summed E-state index contributed by atoms with van der Waals surface area (Å²) < 4.78 is 26.3. The van der Waals surface area contributed by atoms with Crippen LogP contribution in [0.25, 0.3) is 21.9 Å². The van der Waals surface area contributed by atoms with Crippen LogP contribution in [0.3, 0.4) is 0 Å². The minimum absolute atomic E-state index is 0.0774. The highest BCUT2D eigenvalue weighted by Crippen LogP contribution is 2.42. The molecular formula is C23H22O7. The van der Waals surface area contributed by atoms with E-state index in [1.54, 1.807) is 43.5 Å². The Labute approximate surface area is 174 Å². The molecular weight excluding hydrogens is 388 g/mol. The van der Waals surface area contributed by atoms with Crippen molar-refractivity contribution in [2.45, 2.75) is 0 Å². The van der Waals surface area contributed by atoms with E-state index in [1.165, 1.54) is 28.4 Å². The highest BCUT2D eigenvalue weighted by atomic mass is 16.5. The van der Waals surface area contributed by atoms with Crippen LogP contribution < -0.4 is 14.2 Å². The van der Waals surface area contributed by atoms with E-state index in [0.29, 0.717) is 39.1 Å². The van der Waals surface area contributed by atoms with Gasteiger partial charge in [-0.05, 0) is 35.2 Å². The maximum Gasteiger partial charge on any atom is 0.339 e. The van der Waals surface area contributed by atoms with Crippen LogP contribution in [0.2, 0.25) is 0 Å². The van der Waals surface area contributed by atoms with E-state index in [9.17, 15) is 9.59 Å². The summed E-state index contributed by atoms with van der Waals surface area (Å²) in [6.45, 7) is 0. The second kappa shape index (κ2) is 8.73. The summed E-state index contributed by atoms with van der Waals surface area (Å²) in [6.07, 6.45) is 0. The fourth-order valence-corrected chi connectivity index (χ4v) is 3.46. The molecule has 3 aromatic carbocycles. The smallest absolute Gasteiger partial charge is 0.339 e. The van der Waals surface area contributed by atoms with Gasteiger partial charge in [0, 0.05) is 10.9 Å². The average molecular weight is 410 g/mol. The zero-order valence-corrected chi connectivity index (χ0v) is 17.4. The molecule has 0 N–H and O–H groups in total. The van der Waals surface area contributed by atoms with Crippen LogP contribution in [0, 0.1) is 0 Å². The third kappa shape index (κ3) is 3.50. The van der Waals surface area contributed by atoms with Crippen LogP contribution >= 0.6 is 0 Å². The lowest BCUT2D eigenvalue weighted by Crippen LogP contribution is -2.14. The zero-order chi connectivity index (χ0) is 21.8. The van der Waals surface area contributed by atoms with Crippen molar-refractivity contribution in [1.29, 1.82) is 0 Å². The first-order valence-electron chi connectivity index (χ1n) is 9.03. The minimum Gasteiger partial charge on any atom is -0.496 e. The molecule has 0 unspecified atom stereocenters. The second-order valence-corrected chi connectivity index (χ2v) is 6.29. The summed E-state index contributed by atoms with van der Waals surface area (Å²) in [4.78, 5) is 25.4. The Bertz CT molecular complexity index is 1120. The lowest BCUT2D eigenvalue weighted by atomic mass is 9.89. The third-order valence-corrected chi connectivity index (χ3v) is 4.81. The van der Waals surface area contributed by atoms with Gasteiger partial charge in [0.15, 0.2) is 11.5 Å². The Kier molecular flexibility index (Phi) is 6.11. The van der Waals surface area contributed by atoms with Crippen LogP contribution in [0.15, 0.2) is 42.5 Å². The SMILES string of the molecule is COC(=O)c1cc2cccc(OC)c2c(-c2ccc(OC)c(OC)c2)c1C(=O)OC. The van der Waals surface area contributed by atoms with Gasteiger partial charge in [0.25, 0.3) is 0 Å². The molecule has 0 saturated heterocycles. The first-order chi connectivity index (χ1) is 14.5. The molecule has 30 heavy (non-hydrogen) atoms. The van der Waals surface area contributed by atoms with E-state index in [4.69, 9.17) is 23.7 Å². The van der Waals surface area contributed by atoms with Crippen LogP contribution in [0.5, 0.6) is 17.2 Å². The molecule has 0 aromatic heterocycles. The molecule has 0 heterocycles. The Morgan fingerprint density at radius 2 is 1.37 bits per heavy atom. The number of methoxy groups -OCH3 is 5. The molecule has 0 aliphatic heterocycles. The molecule has 0 spiro atoms. The van der Waals surface area contributed by atoms with Crippen LogP contribution in [0.1, 0.15) is 20.7 Å². The van der Waals surface area contributed by atoms with Crippen molar-refractivity contribution in [2.24, 2.45) is 0 Å². The van der Waals surface area contributed by atoms with Gasteiger partial charge in [-0.3, -0.25) is 0 Å². The standard InChI is InChI=1S/C23H22O7/c1-26-16-10-9-14(12-18(16)28-3)20-19-13(7-6-8-17(19)27-2)11-15(22(24)29-4)21(20)23(25)30-5/h6-12H,1-5H3. The van der Waals surface area contributed by atoms with Gasteiger partial charge in [0.2, 0.25) is 0 Å². The maximum absolute atomic E-state index is 12.8. The number of carbonyl (C=O) groups is 2. The fraction of sp³-hybridized carbons (Fsp3) is 0.217. The number of rotatable bonds is 6. The van der Waals surface area contributed by atoms with Crippen LogP contribution in [0.4, 0.5) is 0 Å². The van der Waals surface area contributed by atoms with Crippen molar-refractivity contribution in [3.8, 4) is 28.4 Å². The zero-order valence-electron chi connectivity index (χ0n) is 17.4. The molecule has 0 aliphatic rings. The quantitative estimate of drug-likeness (QED) is 0.566. The summed E-state index contributed by atoms with van der Waals surface area (Å²) in [5, 5.41) is 1.35. The van der Waals surface area contributed by atoms with E-state index in [0.717, 1.165) is 0 Å². The lowest BCUT2D eigenvalue weighted by molar-refractivity contribution is 0.0556. The van der Waals surface area contributed by atoms with E-state index >= 15 is 0 Å². The number of esters is 2. The van der Waals surface area contributed by atoms with Gasteiger partial charge in [0.1, 0.15) is 5.75 Å². The van der Waals surface area contributed by atoms with Crippen LogP contribution in [-0.2, 0) is 9.47 Å². The molecule has 7 nitrogen and oxygen atoms in total. The number of carbonyl (C=O) groups excluding carboxylic acids is 2. The van der Waals surface area contributed by atoms with E-state index in [1.807, 2.05) is 6.07 Å². The number of hydrogen-bond acceptors (Lipinski definition) is 7. The van der Waals surface area contributed by atoms with Gasteiger partial charge < -0.3 is 23.7 Å². The van der Waals surface area contributed by atoms with E-state index < -0.39 is 11.9 Å². The fourth-order valence-electron chi connectivity index (χ4n) is 3.46. The maximum atomic E-state index is 12.8. The van der Waals surface area contributed by atoms with Crippen LogP contribution in [-0.4, -0.2) is 47.5 Å². The van der Waals surface area contributed by atoms with Gasteiger partial charge in [0.05, 0.1) is 46.7 Å². The average Bonchev–Trinajstić information content (AvgIpc) is 2.80. The molecule has 0 amide bonds. The molecule has 0 atom stereocenters. The first-order valence-corrected chi connectivity index (χ1v) is 9.03. The summed E-state index contributed by atoms with van der Waals surface area (Å²) in [7, 11) is 7.11. The van der Waals surface area contributed by atoms with E-state index in [-0.39, 0.29) is 11.1 Å². The van der Waals surface area contributed by atoms with Gasteiger partial charge >= 0.3 is 11.9 Å². The van der Waals surface area contributed by atoms with Crippen molar-refractivity contribution in [2.75, 3.05) is 35.5 Å².